The second-order valence-corrected chi connectivity index (χ2v) is 8.47. The zero-order chi connectivity index (χ0) is 18.9. The Kier molecular flexibility index (Phi) is 5.15. The van der Waals surface area contributed by atoms with Crippen LogP contribution in [0, 0.1) is 5.92 Å². The van der Waals surface area contributed by atoms with Crippen molar-refractivity contribution in [3.8, 4) is 0 Å². The molecule has 1 saturated carbocycles. The maximum atomic E-state index is 6.09. The molecule has 3 heterocycles. The van der Waals surface area contributed by atoms with Gasteiger partial charge in [-0.05, 0) is 37.9 Å². The zero-order valence-corrected chi connectivity index (χ0v) is 16.4. The fourth-order valence-electron chi connectivity index (χ4n) is 4.30. The van der Waals surface area contributed by atoms with Gasteiger partial charge in [0.25, 0.3) is 0 Å². The molecule has 2 aliphatic heterocycles. The Balaban J connectivity index is 1.17. The molecule has 4 atom stereocenters. The predicted molar refractivity (Wildman–Crippen MR) is 105 cm³/mol. The lowest BCUT2D eigenvalue weighted by molar-refractivity contribution is 0.0620. The van der Waals surface area contributed by atoms with Crippen molar-refractivity contribution in [2.45, 2.75) is 50.2 Å². The monoisotopic (exact) mass is 383 g/mol. The lowest BCUT2D eigenvalue weighted by Crippen LogP contribution is -2.41. The van der Waals surface area contributed by atoms with E-state index in [1.165, 1.54) is 18.4 Å². The lowest BCUT2D eigenvalue weighted by Gasteiger charge is -2.17. The van der Waals surface area contributed by atoms with Gasteiger partial charge in [-0.3, -0.25) is 4.90 Å². The summed E-state index contributed by atoms with van der Waals surface area (Å²) in [5, 5.41) is 12.4. The van der Waals surface area contributed by atoms with Gasteiger partial charge in [0.2, 0.25) is 0 Å². The van der Waals surface area contributed by atoms with Gasteiger partial charge in [0, 0.05) is 13.1 Å². The summed E-state index contributed by atoms with van der Waals surface area (Å²) in [6.07, 6.45) is 4.95. The Morgan fingerprint density at radius 1 is 1.11 bits per heavy atom. The Morgan fingerprint density at radius 2 is 1.93 bits per heavy atom. The molecule has 0 unspecified atom stereocenters. The molecule has 5 rings (SSSR count). The highest BCUT2D eigenvalue weighted by molar-refractivity contribution is 5.14. The molecule has 0 spiro atoms. The number of nitrogens with one attached hydrogen (secondary N) is 1. The van der Waals surface area contributed by atoms with E-state index in [9.17, 15) is 0 Å². The van der Waals surface area contributed by atoms with Crippen LogP contribution in [0.2, 0.25) is 0 Å². The van der Waals surface area contributed by atoms with Gasteiger partial charge >= 0.3 is 0 Å². The highest BCUT2D eigenvalue weighted by atomic mass is 16.6. The molecule has 1 aromatic carbocycles. The van der Waals surface area contributed by atoms with Crippen LogP contribution in [0.15, 0.2) is 36.5 Å². The van der Waals surface area contributed by atoms with E-state index in [0.717, 1.165) is 37.9 Å². The van der Waals surface area contributed by atoms with E-state index in [-0.39, 0.29) is 18.2 Å². The summed E-state index contributed by atoms with van der Waals surface area (Å²) in [4.78, 5) is 2.25. The quantitative estimate of drug-likeness (QED) is 0.747. The summed E-state index contributed by atoms with van der Waals surface area (Å²) < 4.78 is 14.1. The van der Waals surface area contributed by atoms with Crippen LogP contribution >= 0.6 is 0 Å². The Hall–Kier alpha value is -1.80. The van der Waals surface area contributed by atoms with E-state index in [0.29, 0.717) is 12.6 Å². The Morgan fingerprint density at radius 3 is 2.75 bits per heavy atom. The summed E-state index contributed by atoms with van der Waals surface area (Å²) in [6.45, 7) is 4.11. The summed E-state index contributed by atoms with van der Waals surface area (Å²) in [7, 11) is 2.11. The van der Waals surface area contributed by atoms with Crippen molar-refractivity contribution >= 4 is 0 Å². The fourth-order valence-corrected chi connectivity index (χ4v) is 4.30. The highest BCUT2D eigenvalue weighted by Crippen LogP contribution is 2.35. The SMILES string of the molecule is CN(Cc1ccccc1)Cc1cn([C@@H]2CO[C@@H]3[C@@H]2OC[C@@H]3NCC2CC2)nn1. The van der Waals surface area contributed by atoms with Crippen LogP contribution in [-0.4, -0.2) is 64.9 Å². The van der Waals surface area contributed by atoms with Crippen LogP contribution in [0.3, 0.4) is 0 Å². The van der Waals surface area contributed by atoms with Crippen LogP contribution in [0.25, 0.3) is 0 Å². The first-order valence-corrected chi connectivity index (χ1v) is 10.4. The van der Waals surface area contributed by atoms with Crippen molar-refractivity contribution in [3.05, 3.63) is 47.8 Å². The average Bonchev–Trinajstić information content (AvgIpc) is 3.08. The van der Waals surface area contributed by atoms with Crippen molar-refractivity contribution < 1.29 is 9.47 Å². The molecule has 0 bridgehead atoms. The summed E-state index contributed by atoms with van der Waals surface area (Å²) in [5.74, 6) is 0.863. The van der Waals surface area contributed by atoms with E-state index < -0.39 is 0 Å². The number of benzene rings is 1. The van der Waals surface area contributed by atoms with Crippen LogP contribution < -0.4 is 5.32 Å². The molecule has 0 radical (unpaired) electrons. The number of rotatable bonds is 8. The third kappa shape index (κ3) is 3.98. The molecule has 1 aromatic heterocycles. The van der Waals surface area contributed by atoms with Gasteiger partial charge in [-0.15, -0.1) is 5.10 Å². The topological polar surface area (TPSA) is 64.4 Å². The molecule has 3 aliphatic rings. The van der Waals surface area contributed by atoms with Gasteiger partial charge in [-0.2, -0.15) is 0 Å². The molecule has 7 heteroatoms. The van der Waals surface area contributed by atoms with Crippen LogP contribution in [0.4, 0.5) is 0 Å². The van der Waals surface area contributed by atoms with Crippen molar-refractivity contribution in [2.75, 3.05) is 26.8 Å². The second kappa shape index (κ2) is 7.91. The molecule has 2 saturated heterocycles. The second-order valence-electron chi connectivity index (χ2n) is 8.47. The number of hydrogen-bond donors (Lipinski definition) is 1. The van der Waals surface area contributed by atoms with E-state index in [1.54, 1.807) is 0 Å². The maximum Gasteiger partial charge on any atom is 0.110 e. The molecule has 1 aliphatic carbocycles. The van der Waals surface area contributed by atoms with Gasteiger partial charge in [-0.1, -0.05) is 35.5 Å². The van der Waals surface area contributed by atoms with E-state index in [2.05, 4.69) is 51.8 Å². The minimum absolute atomic E-state index is 0.0632. The number of hydrogen-bond acceptors (Lipinski definition) is 6. The predicted octanol–water partition coefficient (Wildman–Crippen LogP) is 1.62. The van der Waals surface area contributed by atoms with Gasteiger partial charge in [0.1, 0.15) is 18.2 Å². The average molecular weight is 383 g/mol. The lowest BCUT2D eigenvalue weighted by atomic mass is 10.1. The first-order valence-electron chi connectivity index (χ1n) is 10.4. The maximum absolute atomic E-state index is 6.09. The smallest absolute Gasteiger partial charge is 0.110 e. The number of ether oxygens (including phenoxy) is 2. The van der Waals surface area contributed by atoms with Crippen LogP contribution in [-0.2, 0) is 22.6 Å². The fraction of sp³-hybridized carbons (Fsp3) is 0.619. The van der Waals surface area contributed by atoms with Gasteiger partial charge in [0.15, 0.2) is 0 Å². The van der Waals surface area contributed by atoms with Crippen molar-refractivity contribution in [2.24, 2.45) is 5.92 Å². The first-order chi connectivity index (χ1) is 13.8. The standard InChI is InChI=1S/C21H29N5O2/c1-25(10-16-5-3-2-4-6-16)11-17-12-26(24-23-17)19-14-28-20-18(13-27-21(19)20)22-9-15-7-8-15/h2-6,12,15,18-22H,7-11,13-14H2,1H3/t18-,19+,20-,21+/m0/s1. The molecule has 0 amide bonds. The summed E-state index contributed by atoms with van der Waals surface area (Å²) >= 11 is 0. The normalized spacial score (nSPS) is 29.5. The van der Waals surface area contributed by atoms with Crippen LogP contribution in [0.1, 0.15) is 30.1 Å². The number of nitrogens with zero attached hydrogens (tertiary/aromatic N) is 4. The van der Waals surface area contributed by atoms with E-state index >= 15 is 0 Å². The Labute approximate surface area is 166 Å². The third-order valence-electron chi connectivity index (χ3n) is 6.02. The summed E-state index contributed by atoms with van der Waals surface area (Å²) in [6, 6.07) is 10.9. The third-order valence-corrected chi connectivity index (χ3v) is 6.02. The molecule has 3 fully saturated rings. The Bertz CT molecular complexity index is 778. The molecular formula is C21H29N5O2. The number of fused-ring (bicyclic) bond motifs is 1. The molecular weight excluding hydrogens is 354 g/mol. The van der Waals surface area contributed by atoms with E-state index in [1.807, 2.05) is 16.9 Å². The van der Waals surface area contributed by atoms with Gasteiger partial charge in [0.05, 0.1) is 31.1 Å². The highest BCUT2D eigenvalue weighted by Gasteiger charge is 2.49. The van der Waals surface area contributed by atoms with Crippen LogP contribution in [0.5, 0.6) is 0 Å². The van der Waals surface area contributed by atoms with Crippen molar-refractivity contribution in [1.29, 1.82) is 0 Å². The molecule has 1 N–H and O–H groups in total. The zero-order valence-electron chi connectivity index (χ0n) is 16.4. The van der Waals surface area contributed by atoms with Crippen molar-refractivity contribution in [3.63, 3.8) is 0 Å². The molecule has 28 heavy (non-hydrogen) atoms. The number of aromatic nitrogens is 3. The minimum Gasteiger partial charge on any atom is -0.371 e. The molecule has 150 valence electrons. The van der Waals surface area contributed by atoms with Gasteiger partial charge in [-0.25, -0.2) is 4.68 Å². The molecule has 2 aromatic rings. The molecule has 7 nitrogen and oxygen atoms in total. The summed E-state index contributed by atoms with van der Waals surface area (Å²) in [5.41, 5.74) is 2.27. The van der Waals surface area contributed by atoms with E-state index in [4.69, 9.17) is 9.47 Å². The van der Waals surface area contributed by atoms with Crippen molar-refractivity contribution in [1.82, 2.24) is 25.2 Å². The van der Waals surface area contributed by atoms with Gasteiger partial charge < -0.3 is 14.8 Å². The minimum atomic E-state index is 0.0632. The largest absolute Gasteiger partial charge is 0.371 e. The first kappa shape index (κ1) is 18.2.